The van der Waals surface area contributed by atoms with Gasteiger partial charge >= 0.3 is 0 Å². The van der Waals surface area contributed by atoms with E-state index in [0.717, 1.165) is 31.7 Å². The average Bonchev–Trinajstić information content (AvgIpc) is 3.11. The predicted molar refractivity (Wildman–Crippen MR) is 72.0 cm³/mol. The smallest absolute Gasteiger partial charge is 0.0682 e. The van der Waals surface area contributed by atoms with E-state index in [2.05, 4.69) is 23.1 Å². The molecule has 1 aliphatic heterocycles. The molecule has 0 radical (unpaired) electrons. The summed E-state index contributed by atoms with van der Waals surface area (Å²) in [4.78, 5) is 2.47. The Balaban J connectivity index is 1.83. The Kier molecular flexibility index (Phi) is 3.04. The number of anilines is 1. The lowest BCUT2D eigenvalue weighted by Crippen LogP contribution is -2.26. The Labute approximate surface area is 108 Å². The minimum Gasteiger partial charge on any atom is -0.392 e. The predicted octanol–water partition coefficient (Wildman–Crippen LogP) is 2.07. The first-order chi connectivity index (χ1) is 8.79. The number of rotatable bonds is 5. The Bertz CT molecular complexity index is 440. The molecule has 1 aromatic rings. The third kappa shape index (κ3) is 1.91. The van der Waals surface area contributed by atoms with E-state index >= 15 is 0 Å². The van der Waals surface area contributed by atoms with Gasteiger partial charge in [-0.2, -0.15) is 0 Å². The van der Waals surface area contributed by atoms with Crippen LogP contribution in [0.5, 0.6) is 0 Å². The first-order valence-electron chi connectivity index (χ1n) is 6.77. The van der Waals surface area contributed by atoms with Gasteiger partial charge in [0.25, 0.3) is 0 Å². The van der Waals surface area contributed by atoms with Crippen molar-refractivity contribution in [1.82, 2.24) is 0 Å². The molecular weight excluding hydrogens is 226 g/mol. The van der Waals surface area contributed by atoms with Crippen LogP contribution in [0.25, 0.3) is 0 Å². The third-order valence-electron chi connectivity index (χ3n) is 4.28. The summed E-state index contributed by atoms with van der Waals surface area (Å²) in [5, 5.41) is 9.28. The summed E-state index contributed by atoms with van der Waals surface area (Å²) in [5.41, 5.74) is 4.30. The molecule has 1 N–H and O–H groups in total. The molecule has 0 saturated heterocycles. The van der Waals surface area contributed by atoms with E-state index in [1.807, 2.05) is 0 Å². The molecule has 1 saturated carbocycles. The van der Waals surface area contributed by atoms with Crippen molar-refractivity contribution in [2.24, 2.45) is 0 Å². The second kappa shape index (κ2) is 4.56. The standard InChI is InChI=1S/C15H21NO2/c1-18-8-2-7-16-11-15(5-6-15)13-4-3-12(10-17)9-14(13)16/h3-4,9,17H,2,5-8,10-11H2,1H3. The van der Waals surface area contributed by atoms with Crippen molar-refractivity contribution in [3.8, 4) is 0 Å². The number of benzene rings is 1. The van der Waals surface area contributed by atoms with Gasteiger partial charge < -0.3 is 14.7 Å². The first kappa shape index (κ1) is 12.0. The summed E-state index contributed by atoms with van der Waals surface area (Å²) < 4.78 is 5.14. The van der Waals surface area contributed by atoms with Crippen LogP contribution >= 0.6 is 0 Å². The van der Waals surface area contributed by atoms with E-state index in [9.17, 15) is 5.11 Å². The molecule has 2 aliphatic rings. The maximum Gasteiger partial charge on any atom is 0.0682 e. The van der Waals surface area contributed by atoms with Crippen molar-refractivity contribution in [2.45, 2.75) is 31.3 Å². The zero-order valence-corrected chi connectivity index (χ0v) is 11.0. The van der Waals surface area contributed by atoms with Gasteiger partial charge in [-0.05, 0) is 36.5 Å². The third-order valence-corrected chi connectivity index (χ3v) is 4.28. The number of aliphatic hydroxyl groups excluding tert-OH is 1. The average molecular weight is 247 g/mol. The first-order valence-corrected chi connectivity index (χ1v) is 6.77. The summed E-state index contributed by atoms with van der Waals surface area (Å²) in [5.74, 6) is 0. The Morgan fingerprint density at radius 1 is 1.39 bits per heavy atom. The fraction of sp³-hybridized carbons (Fsp3) is 0.600. The molecule has 0 atom stereocenters. The molecule has 3 rings (SSSR count). The maximum atomic E-state index is 9.28. The lowest BCUT2D eigenvalue weighted by Gasteiger charge is -2.20. The van der Waals surface area contributed by atoms with Crippen molar-refractivity contribution in [1.29, 1.82) is 0 Å². The van der Waals surface area contributed by atoms with Crippen LogP contribution in [-0.2, 0) is 16.8 Å². The topological polar surface area (TPSA) is 32.7 Å². The fourth-order valence-corrected chi connectivity index (χ4v) is 3.10. The second-order valence-corrected chi connectivity index (χ2v) is 5.56. The Morgan fingerprint density at radius 3 is 2.89 bits per heavy atom. The lowest BCUT2D eigenvalue weighted by molar-refractivity contribution is 0.196. The SMILES string of the molecule is COCCCN1CC2(CC2)c2ccc(CO)cc21. The highest BCUT2D eigenvalue weighted by Gasteiger charge is 2.51. The van der Waals surface area contributed by atoms with E-state index in [-0.39, 0.29) is 6.61 Å². The summed E-state index contributed by atoms with van der Waals surface area (Å²) in [6.07, 6.45) is 3.70. The van der Waals surface area contributed by atoms with Gasteiger partial charge in [0, 0.05) is 37.9 Å². The van der Waals surface area contributed by atoms with Crippen LogP contribution in [0.1, 0.15) is 30.4 Å². The van der Waals surface area contributed by atoms with E-state index < -0.39 is 0 Å². The second-order valence-electron chi connectivity index (χ2n) is 5.56. The van der Waals surface area contributed by atoms with Crippen LogP contribution in [-0.4, -0.2) is 31.9 Å². The number of hydrogen-bond acceptors (Lipinski definition) is 3. The van der Waals surface area contributed by atoms with Gasteiger partial charge in [0.1, 0.15) is 0 Å². The minimum atomic E-state index is 0.131. The molecule has 0 bridgehead atoms. The van der Waals surface area contributed by atoms with Crippen molar-refractivity contribution < 1.29 is 9.84 Å². The molecule has 1 spiro atoms. The normalized spacial score (nSPS) is 19.3. The molecule has 0 aromatic heterocycles. The number of hydrogen-bond donors (Lipinski definition) is 1. The van der Waals surface area contributed by atoms with E-state index in [1.54, 1.807) is 7.11 Å². The van der Waals surface area contributed by atoms with Crippen LogP contribution in [0.15, 0.2) is 18.2 Å². The molecule has 1 heterocycles. The number of ether oxygens (including phenoxy) is 1. The molecule has 3 heteroatoms. The molecule has 3 nitrogen and oxygen atoms in total. The van der Waals surface area contributed by atoms with Gasteiger partial charge in [0.2, 0.25) is 0 Å². The largest absolute Gasteiger partial charge is 0.392 e. The van der Waals surface area contributed by atoms with Crippen molar-refractivity contribution in [2.75, 3.05) is 31.7 Å². The minimum absolute atomic E-state index is 0.131. The Hall–Kier alpha value is -1.06. The van der Waals surface area contributed by atoms with Crippen molar-refractivity contribution in [3.05, 3.63) is 29.3 Å². The zero-order valence-electron chi connectivity index (χ0n) is 11.0. The van der Waals surface area contributed by atoms with Gasteiger partial charge in [-0.3, -0.25) is 0 Å². The van der Waals surface area contributed by atoms with Crippen LogP contribution < -0.4 is 4.90 Å². The van der Waals surface area contributed by atoms with Crippen LogP contribution in [0, 0.1) is 0 Å². The monoisotopic (exact) mass is 247 g/mol. The van der Waals surface area contributed by atoms with Crippen LogP contribution in [0.3, 0.4) is 0 Å². The van der Waals surface area contributed by atoms with Gasteiger partial charge in [0.05, 0.1) is 6.61 Å². The molecule has 1 fully saturated rings. The van der Waals surface area contributed by atoms with Crippen LogP contribution in [0.2, 0.25) is 0 Å². The van der Waals surface area contributed by atoms with Crippen molar-refractivity contribution in [3.63, 3.8) is 0 Å². The highest BCUT2D eigenvalue weighted by molar-refractivity contribution is 5.66. The van der Waals surface area contributed by atoms with Crippen molar-refractivity contribution >= 4 is 5.69 Å². The number of nitrogens with zero attached hydrogens (tertiary/aromatic N) is 1. The molecule has 1 aliphatic carbocycles. The zero-order chi connectivity index (χ0) is 12.6. The fourth-order valence-electron chi connectivity index (χ4n) is 3.10. The molecule has 18 heavy (non-hydrogen) atoms. The number of methoxy groups -OCH3 is 1. The Morgan fingerprint density at radius 2 is 2.22 bits per heavy atom. The highest BCUT2D eigenvalue weighted by atomic mass is 16.5. The number of fused-ring (bicyclic) bond motifs is 2. The summed E-state index contributed by atoms with van der Waals surface area (Å²) in [6.45, 7) is 3.16. The van der Waals surface area contributed by atoms with Gasteiger partial charge in [-0.15, -0.1) is 0 Å². The molecular formula is C15H21NO2. The number of aliphatic hydroxyl groups is 1. The lowest BCUT2D eigenvalue weighted by atomic mass is 9.97. The van der Waals surface area contributed by atoms with E-state index in [1.165, 1.54) is 24.1 Å². The van der Waals surface area contributed by atoms with E-state index in [4.69, 9.17) is 4.74 Å². The summed E-state index contributed by atoms with van der Waals surface area (Å²) in [6, 6.07) is 6.46. The molecule has 0 unspecified atom stereocenters. The molecule has 0 amide bonds. The maximum absolute atomic E-state index is 9.28. The van der Waals surface area contributed by atoms with Gasteiger partial charge in [0.15, 0.2) is 0 Å². The van der Waals surface area contributed by atoms with Crippen LogP contribution in [0.4, 0.5) is 5.69 Å². The van der Waals surface area contributed by atoms with E-state index in [0.29, 0.717) is 5.41 Å². The van der Waals surface area contributed by atoms with Gasteiger partial charge in [-0.1, -0.05) is 12.1 Å². The molecule has 98 valence electrons. The summed E-state index contributed by atoms with van der Waals surface area (Å²) in [7, 11) is 1.75. The molecule has 1 aromatic carbocycles. The highest BCUT2D eigenvalue weighted by Crippen LogP contribution is 2.56. The quantitative estimate of drug-likeness (QED) is 0.808. The van der Waals surface area contributed by atoms with Gasteiger partial charge in [-0.25, -0.2) is 0 Å². The summed E-state index contributed by atoms with van der Waals surface area (Å²) >= 11 is 0.